The molecule has 0 atom stereocenters. The number of nitrogens with one attached hydrogen (secondary N) is 1. The van der Waals surface area contributed by atoms with Gasteiger partial charge in [0, 0.05) is 32.9 Å². The third-order valence-electron chi connectivity index (χ3n) is 3.89. The number of aromatic nitrogens is 1. The highest BCUT2D eigenvalue weighted by atomic mass is 32.2. The summed E-state index contributed by atoms with van der Waals surface area (Å²) in [4.78, 5) is 12.3. The van der Waals surface area contributed by atoms with Gasteiger partial charge in [0.2, 0.25) is 10.0 Å². The summed E-state index contributed by atoms with van der Waals surface area (Å²) < 4.78 is 33.3. The molecular weight excluding hydrogens is 318 g/mol. The summed E-state index contributed by atoms with van der Waals surface area (Å²) in [6.07, 6.45) is 4.56. The molecular formula is C15H25N3O4S. The average molecular weight is 343 g/mol. The first-order valence-corrected chi connectivity index (χ1v) is 9.43. The topological polar surface area (TPSA) is 80.6 Å². The molecule has 1 aromatic rings. The normalized spacial score (nSPS) is 16.4. The largest absolute Gasteiger partial charge is 0.379 e. The molecule has 8 heteroatoms. The number of ether oxygens (including phenoxy) is 1. The third-order valence-corrected chi connectivity index (χ3v) is 5.75. The molecule has 0 spiro atoms. The zero-order valence-corrected chi connectivity index (χ0v) is 14.6. The Bertz CT molecular complexity index is 633. The van der Waals surface area contributed by atoms with Crippen molar-refractivity contribution in [2.24, 2.45) is 7.05 Å². The van der Waals surface area contributed by atoms with Gasteiger partial charge >= 0.3 is 0 Å². The highest BCUT2D eigenvalue weighted by molar-refractivity contribution is 7.89. The van der Waals surface area contributed by atoms with Crippen LogP contribution in [0.25, 0.3) is 0 Å². The van der Waals surface area contributed by atoms with Crippen LogP contribution in [0.5, 0.6) is 0 Å². The van der Waals surface area contributed by atoms with Crippen molar-refractivity contribution < 1.29 is 17.9 Å². The van der Waals surface area contributed by atoms with E-state index in [1.165, 1.54) is 16.6 Å². The van der Waals surface area contributed by atoms with Crippen LogP contribution >= 0.6 is 0 Å². The molecule has 1 fully saturated rings. The molecule has 0 radical (unpaired) electrons. The van der Waals surface area contributed by atoms with Crippen LogP contribution in [0.2, 0.25) is 0 Å². The second kappa shape index (κ2) is 7.94. The Kier molecular flexibility index (Phi) is 6.20. The molecule has 0 aromatic carbocycles. The Morgan fingerprint density at radius 3 is 2.65 bits per heavy atom. The maximum atomic E-state index is 12.6. The fourth-order valence-corrected chi connectivity index (χ4v) is 3.98. The van der Waals surface area contributed by atoms with Crippen LogP contribution in [0, 0.1) is 0 Å². The predicted octanol–water partition coefficient (Wildman–Crippen LogP) is 0.966. The van der Waals surface area contributed by atoms with Gasteiger partial charge in [0.1, 0.15) is 10.6 Å². The lowest BCUT2D eigenvalue weighted by Crippen LogP contribution is -2.40. The molecule has 23 heavy (non-hydrogen) atoms. The summed E-state index contributed by atoms with van der Waals surface area (Å²) in [5, 5.41) is 2.83. The van der Waals surface area contributed by atoms with E-state index in [2.05, 4.69) is 12.2 Å². The van der Waals surface area contributed by atoms with Crippen LogP contribution in [0.3, 0.4) is 0 Å². The van der Waals surface area contributed by atoms with Crippen LogP contribution in [0.1, 0.15) is 36.7 Å². The smallest absolute Gasteiger partial charge is 0.267 e. The summed E-state index contributed by atoms with van der Waals surface area (Å²) in [5.74, 6) is -0.243. The number of carbonyl (C=O) groups is 1. The molecule has 1 N–H and O–H groups in total. The standard InChI is InChI=1S/C15H25N3O4S/c1-3-4-5-6-16-15(19)14-11-13(12-17(14)2)23(20,21)18-7-9-22-10-8-18/h11-12H,3-10H2,1-2H3,(H,16,19). The number of rotatable bonds is 7. The Hall–Kier alpha value is -1.38. The van der Waals surface area contributed by atoms with Crippen LogP contribution in [-0.2, 0) is 21.8 Å². The van der Waals surface area contributed by atoms with E-state index in [0.29, 0.717) is 38.5 Å². The van der Waals surface area contributed by atoms with Gasteiger partial charge in [0.15, 0.2) is 0 Å². The van der Waals surface area contributed by atoms with Crippen molar-refractivity contribution in [2.75, 3.05) is 32.8 Å². The molecule has 1 amide bonds. The number of amides is 1. The van der Waals surface area contributed by atoms with Gasteiger partial charge in [-0.3, -0.25) is 4.79 Å². The first-order valence-electron chi connectivity index (χ1n) is 7.99. The van der Waals surface area contributed by atoms with Crippen molar-refractivity contribution in [3.05, 3.63) is 18.0 Å². The first-order chi connectivity index (χ1) is 11.0. The summed E-state index contributed by atoms with van der Waals surface area (Å²) in [5.41, 5.74) is 0.355. The van der Waals surface area contributed by atoms with Gasteiger partial charge in [-0.05, 0) is 12.5 Å². The lowest BCUT2D eigenvalue weighted by Gasteiger charge is -2.25. The molecule has 1 aliphatic heterocycles. The molecule has 0 aliphatic carbocycles. The van der Waals surface area contributed by atoms with Gasteiger partial charge in [0.25, 0.3) is 5.91 Å². The highest BCUT2D eigenvalue weighted by Crippen LogP contribution is 2.19. The minimum absolute atomic E-state index is 0.153. The first kappa shape index (κ1) is 18.0. The molecule has 2 rings (SSSR count). The molecule has 1 saturated heterocycles. The number of nitrogens with zero attached hydrogens (tertiary/aromatic N) is 2. The maximum Gasteiger partial charge on any atom is 0.267 e. The van der Waals surface area contributed by atoms with Crippen molar-refractivity contribution in [1.82, 2.24) is 14.2 Å². The van der Waals surface area contributed by atoms with Crippen LogP contribution < -0.4 is 5.32 Å². The number of carbonyl (C=O) groups excluding carboxylic acids is 1. The lowest BCUT2D eigenvalue weighted by atomic mass is 10.2. The monoisotopic (exact) mass is 343 g/mol. The van der Waals surface area contributed by atoms with E-state index in [1.807, 2.05) is 0 Å². The summed E-state index contributed by atoms with van der Waals surface area (Å²) in [6, 6.07) is 1.44. The number of morpholine rings is 1. The Balaban J connectivity index is 2.09. The molecule has 1 aromatic heterocycles. The molecule has 0 saturated carbocycles. The van der Waals surface area contributed by atoms with Crippen molar-refractivity contribution >= 4 is 15.9 Å². The second-order valence-electron chi connectivity index (χ2n) is 5.65. The van der Waals surface area contributed by atoms with Gasteiger partial charge in [0.05, 0.1) is 13.2 Å². The average Bonchev–Trinajstić information content (AvgIpc) is 2.95. The van der Waals surface area contributed by atoms with Crippen molar-refractivity contribution in [2.45, 2.75) is 31.1 Å². The second-order valence-corrected chi connectivity index (χ2v) is 7.59. The number of hydrogen-bond donors (Lipinski definition) is 1. The Labute approximate surface area is 137 Å². The molecule has 7 nitrogen and oxygen atoms in total. The molecule has 130 valence electrons. The fourth-order valence-electron chi connectivity index (χ4n) is 2.50. The van der Waals surface area contributed by atoms with Gasteiger partial charge in [-0.25, -0.2) is 8.42 Å². The molecule has 0 bridgehead atoms. The summed E-state index contributed by atoms with van der Waals surface area (Å²) in [7, 11) is -1.89. The van der Waals surface area contributed by atoms with E-state index < -0.39 is 10.0 Å². The number of hydrogen-bond acceptors (Lipinski definition) is 4. The minimum Gasteiger partial charge on any atom is -0.379 e. The van der Waals surface area contributed by atoms with Crippen molar-refractivity contribution in [3.63, 3.8) is 0 Å². The van der Waals surface area contributed by atoms with E-state index in [1.54, 1.807) is 11.6 Å². The number of aryl methyl sites for hydroxylation is 1. The quantitative estimate of drug-likeness (QED) is 0.748. The number of unbranched alkanes of at least 4 members (excludes halogenated alkanes) is 2. The van der Waals surface area contributed by atoms with E-state index >= 15 is 0 Å². The van der Waals surface area contributed by atoms with Crippen LogP contribution in [0.15, 0.2) is 17.2 Å². The van der Waals surface area contributed by atoms with Crippen molar-refractivity contribution in [3.8, 4) is 0 Å². The van der Waals surface area contributed by atoms with E-state index in [9.17, 15) is 13.2 Å². The van der Waals surface area contributed by atoms with Crippen LogP contribution in [0.4, 0.5) is 0 Å². The van der Waals surface area contributed by atoms with E-state index in [-0.39, 0.29) is 10.8 Å². The zero-order chi connectivity index (χ0) is 16.9. The fraction of sp³-hybridized carbons (Fsp3) is 0.667. The Morgan fingerprint density at radius 2 is 2.00 bits per heavy atom. The summed E-state index contributed by atoms with van der Waals surface area (Å²) in [6.45, 7) is 4.18. The van der Waals surface area contributed by atoms with Crippen LogP contribution in [-0.4, -0.2) is 56.0 Å². The van der Waals surface area contributed by atoms with E-state index in [0.717, 1.165) is 19.3 Å². The zero-order valence-electron chi connectivity index (χ0n) is 13.7. The third kappa shape index (κ3) is 4.33. The summed E-state index contributed by atoms with van der Waals surface area (Å²) >= 11 is 0. The van der Waals surface area contributed by atoms with Gasteiger partial charge < -0.3 is 14.6 Å². The van der Waals surface area contributed by atoms with Gasteiger partial charge in [-0.15, -0.1) is 0 Å². The van der Waals surface area contributed by atoms with Gasteiger partial charge in [-0.2, -0.15) is 4.31 Å². The Morgan fingerprint density at radius 1 is 1.30 bits per heavy atom. The van der Waals surface area contributed by atoms with E-state index in [4.69, 9.17) is 4.74 Å². The maximum absolute atomic E-state index is 12.6. The minimum atomic E-state index is -3.57. The van der Waals surface area contributed by atoms with Gasteiger partial charge in [-0.1, -0.05) is 19.8 Å². The molecule has 2 heterocycles. The highest BCUT2D eigenvalue weighted by Gasteiger charge is 2.28. The molecule has 0 unspecified atom stereocenters. The number of sulfonamides is 1. The molecule has 1 aliphatic rings. The SMILES string of the molecule is CCCCCNC(=O)c1cc(S(=O)(=O)N2CCOCC2)cn1C. The predicted molar refractivity (Wildman–Crippen MR) is 86.8 cm³/mol. The lowest BCUT2D eigenvalue weighted by molar-refractivity contribution is 0.0730. The van der Waals surface area contributed by atoms with Crippen molar-refractivity contribution in [1.29, 1.82) is 0 Å².